The number of hydrogen-bond donors (Lipinski definition) is 0. The van der Waals surface area contributed by atoms with Crippen molar-refractivity contribution in [3.63, 3.8) is 0 Å². The summed E-state index contributed by atoms with van der Waals surface area (Å²) in [6.07, 6.45) is 0. The van der Waals surface area contributed by atoms with Gasteiger partial charge < -0.3 is 14.0 Å². The summed E-state index contributed by atoms with van der Waals surface area (Å²) in [5.74, 6) is -1.68. The van der Waals surface area contributed by atoms with Crippen LogP contribution in [0, 0.1) is 0 Å². The van der Waals surface area contributed by atoms with E-state index in [4.69, 9.17) is 14.0 Å². The first-order valence-corrected chi connectivity index (χ1v) is 6.01. The average molecular weight is 224 g/mol. The van der Waals surface area contributed by atoms with Crippen LogP contribution in [0.3, 0.4) is 0 Å². The Hall–Kier alpha value is -0.380. The van der Waals surface area contributed by atoms with Gasteiger partial charge in [-0.25, -0.2) is 4.79 Å². The molecule has 2 atom stereocenters. The summed E-state index contributed by atoms with van der Waals surface area (Å²) in [5, 5.41) is 0. The van der Waals surface area contributed by atoms with Crippen molar-refractivity contribution in [1.82, 2.24) is 0 Å². The van der Waals surface area contributed by atoms with Gasteiger partial charge in [-0.2, -0.15) is 0 Å². The van der Waals surface area contributed by atoms with Gasteiger partial charge in [0.05, 0.1) is 13.2 Å². The summed E-state index contributed by atoms with van der Waals surface area (Å²) >= 11 is 0. The Kier molecular flexibility index (Phi) is 7.76. The van der Waals surface area contributed by atoms with Gasteiger partial charge in [-0.1, -0.05) is 0 Å². The summed E-state index contributed by atoms with van der Waals surface area (Å²) in [4.78, 5) is 11.2. The van der Waals surface area contributed by atoms with E-state index < -0.39 is 19.8 Å². The van der Waals surface area contributed by atoms with E-state index in [0.29, 0.717) is 13.2 Å². The zero-order valence-electron chi connectivity index (χ0n) is 8.74. The molecular formula is C8H17O5P. The van der Waals surface area contributed by atoms with Crippen LogP contribution in [0.4, 0.5) is 0 Å². The summed E-state index contributed by atoms with van der Waals surface area (Å²) in [6, 6.07) is 0. The molecule has 0 rings (SSSR count). The molecule has 0 bridgehead atoms. The molecule has 6 heteroatoms. The lowest BCUT2D eigenvalue weighted by Crippen LogP contribution is -2.23. The number of carbonyl (C=O) groups is 1. The van der Waals surface area contributed by atoms with E-state index in [1.54, 1.807) is 20.8 Å². The molecule has 84 valence electrons. The lowest BCUT2D eigenvalue weighted by Gasteiger charge is -2.14. The second-order valence-electron chi connectivity index (χ2n) is 2.34. The zero-order valence-corrected chi connectivity index (χ0v) is 9.74. The van der Waals surface area contributed by atoms with Crippen molar-refractivity contribution in [3.8, 4) is 0 Å². The van der Waals surface area contributed by atoms with Crippen LogP contribution in [0.5, 0.6) is 0 Å². The SMILES string of the molecule is CCOC(=O)C(OCC)[PH](=O)OCC. The second kappa shape index (κ2) is 7.97. The molecule has 0 N–H and O–H groups in total. The van der Waals surface area contributed by atoms with E-state index in [2.05, 4.69) is 0 Å². The molecule has 14 heavy (non-hydrogen) atoms. The van der Waals surface area contributed by atoms with Gasteiger partial charge in [-0.05, 0) is 20.8 Å². The van der Waals surface area contributed by atoms with E-state index >= 15 is 0 Å². The van der Waals surface area contributed by atoms with Gasteiger partial charge in [0, 0.05) is 6.61 Å². The molecule has 0 aromatic carbocycles. The third kappa shape index (κ3) is 4.74. The van der Waals surface area contributed by atoms with Gasteiger partial charge in [0.1, 0.15) is 0 Å². The Balaban J connectivity index is 4.25. The zero-order chi connectivity index (χ0) is 11.0. The van der Waals surface area contributed by atoms with Gasteiger partial charge in [0.25, 0.3) is 0 Å². The first-order valence-electron chi connectivity index (χ1n) is 4.62. The Morgan fingerprint density at radius 2 is 1.86 bits per heavy atom. The number of esters is 1. The van der Waals surface area contributed by atoms with Crippen LogP contribution in [-0.2, 0) is 23.4 Å². The lowest BCUT2D eigenvalue weighted by atomic mass is 10.7. The van der Waals surface area contributed by atoms with Crippen LogP contribution in [0.25, 0.3) is 0 Å². The van der Waals surface area contributed by atoms with Gasteiger partial charge in [0.15, 0.2) is 0 Å². The van der Waals surface area contributed by atoms with E-state index in [1.165, 1.54) is 0 Å². The predicted octanol–water partition coefficient (Wildman–Crippen LogP) is 1.42. The molecule has 0 aliphatic heterocycles. The minimum absolute atomic E-state index is 0.240. The molecule has 0 heterocycles. The molecule has 0 amide bonds. The van der Waals surface area contributed by atoms with Crippen molar-refractivity contribution in [2.45, 2.75) is 26.6 Å². The van der Waals surface area contributed by atoms with Crippen molar-refractivity contribution in [3.05, 3.63) is 0 Å². The number of rotatable bonds is 7. The Morgan fingerprint density at radius 3 is 2.29 bits per heavy atom. The van der Waals surface area contributed by atoms with Gasteiger partial charge in [-0.15, -0.1) is 0 Å². The van der Waals surface area contributed by atoms with Crippen LogP contribution in [-0.4, -0.2) is 31.6 Å². The topological polar surface area (TPSA) is 61.8 Å². The van der Waals surface area contributed by atoms with Crippen LogP contribution < -0.4 is 0 Å². The maximum atomic E-state index is 11.4. The van der Waals surface area contributed by atoms with Crippen LogP contribution in [0.2, 0.25) is 0 Å². The summed E-state index contributed by atoms with van der Waals surface area (Å²) in [5.41, 5.74) is 0. The first kappa shape index (κ1) is 13.6. The Bertz CT molecular complexity index is 176. The van der Waals surface area contributed by atoms with Crippen molar-refractivity contribution in [1.29, 1.82) is 0 Å². The molecule has 0 saturated heterocycles. The van der Waals surface area contributed by atoms with E-state index in [-0.39, 0.29) is 6.61 Å². The molecule has 5 nitrogen and oxygen atoms in total. The Morgan fingerprint density at radius 1 is 1.21 bits per heavy atom. The molecule has 0 saturated carbocycles. The van der Waals surface area contributed by atoms with E-state index in [9.17, 15) is 9.36 Å². The monoisotopic (exact) mass is 224 g/mol. The molecule has 0 aliphatic carbocycles. The predicted molar refractivity (Wildman–Crippen MR) is 52.7 cm³/mol. The highest BCUT2D eigenvalue weighted by Crippen LogP contribution is 2.31. The van der Waals surface area contributed by atoms with Gasteiger partial charge in [0.2, 0.25) is 13.9 Å². The third-order valence-corrected chi connectivity index (χ3v) is 2.74. The highest BCUT2D eigenvalue weighted by Gasteiger charge is 2.27. The minimum atomic E-state index is -2.51. The normalized spacial score (nSPS) is 14.8. The molecule has 0 fully saturated rings. The summed E-state index contributed by atoms with van der Waals surface area (Å²) in [6.45, 7) is 5.93. The first-order chi connectivity index (χ1) is 6.67. The number of carbonyl (C=O) groups excluding carboxylic acids is 1. The van der Waals surface area contributed by atoms with Gasteiger partial charge in [-0.3, -0.25) is 4.57 Å². The molecule has 0 aromatic rings. The fourth-order valence-corrected chi connectivity index (χ4v) is 1.85. The number of hydrogen-bond acceptors (Lipinski definition) is 5. The molecular weight excluding hydrogens is 207 g/mol. The standard InChI is InChI=1S/C8H17O5P/c1-4-11-7(9)8(12-5-2)14(10)13-6-3/h8,14H,4-6H2,1-3H3. The van der Waals surface area contributed by atoms with Crippen molar-refractivity contribution in [2.75, 3.05) is 19.8 Å². The smallest absolute Gasteiger partial charge is 0.345 e. The minimum Gasteiger partial charge on any atom is -0.464 e. The fourth-order valence-electron chi connectivity index (χ4n) is 0.835. The highest BCUT2D eigenvalue weighted by molar-refractivity contribution is 7.41. The molecule has 0 radical (unpaired) electrons. The summed E-state index contributed by atoms with van der Waals surface area (Å²) < 4.78 is 25.9. The second-order valence-corrected chi connectivity index (χ2v) is 3.79. The maximum Gasteiger partial charge on any atom is 0.345 e. The van der Waals surface area contributed by atoms with E-state index in [0.717, 1.165) is 0 Å². The maximum absolute atomic E-state index is 11.4. The average Bonchev–Trinajstić information content (AvgIpc) is 2.14. The largest absolute Gasteiger partial charge is 0.464 e. The fraction of sp³-hybridized carbons (Fsp3) is 0.875. The summed E-state index contributed by atoms with van der Waals surface area (Å²) in [7, 11) is -2.51. The molecule has 0 aliphatic rings. The molecule has 0 aromatic heterocycles. The van der Waals surface area contributed by atoms with Crippen LogP contribution in [0.15, 0.2) is 0 Å². The van der Waals surface area contributed by atoms with Crippen molar-refractivity contribution < 1.29 is 23.4 Å². The van der Waals surface area contributed by atoms with Crippen LogP contribution in [0.1, 0.15) is 20.8 Å². The molecule has 0 spiro atoms. The number of ether oxygens (including phenoxy) is 2. The quantitative estimate of drug-likeness (QED) is 0.483. The Labute approximate surface area is 84.6 Å². The highest BCUT2D eigenvalue weighted by atomic mass is 31.1. The van der Waals surface area contributed by atoms with Crippen molar-refractivity contribution in [2.24, 2.45) is 0 Å². The lowest BCUT2D eigenvalue weighted by molar-refractivity contribution is -0.151. The third-order valence-electron chi connectivity index (χ3n) is 1.33. The van der Waals surface area contributed by atoms with Crippen LogP contribution >= 0.6 is 8.03 Å². The molecule has 2 unspecified atom stereocenters. The van der Waals surface area contributed by atoms with Crippen molar-refractivity contribution >= 4 is 14.0 Å². The van der Waals surface area contributed by atoms with E-state index in [1.807, 2.05) is 0 Å². The van der Waals surface area contributed by atoms with Gasteiger partial charge >= 0.3 is 5.97 Å².